The quantitative estimate of drug-likeness (QED) is 0.385. The average molecular weight is 477 g/mol. The maximum Gasteiger partial charge on any atom is 0.249 e. The highest BCUT2D eigenvalue weighted by Crippen LogP contribution is 2.32. The van der Waals surface area contributed by atoms with E-state index in [1.165, 1.54) is 31.4 Å². The smallest absolute Gasteiger partial charge is 0.249 e. The van der Waals surface area contributed by atoms with Gasteiger partial charge < -0.3 is 10.5 Å². The molecule has 0 atom stereocenters. The molecule has 5 rings (SSSR count). The largest absolute Gasteiger partial charge is 0.489 e. The van der Waals surface area contributed by atoms with Crippen LogP contribution < -0.4 is 10.5 Å². The van der Waals surface area contributed by atoms with E-state index in [1.54, 1.807) is 18.2 Å². The van der Waals surface area contributed by atoms with Crippen LogP contribution in [0.3, 0.4) is 0 Å². The first-order valence-electron chi connectivity index (χ1n) is 11.7. The van der Waals surface area contributed by atoms with E-state index in [1.807, 2.05) is 18.2 Å². The summed E-state index contributed by atoms with van der Waals surface area (Å²) in [6.07, 6.45) is 3.66. The number of aromatic nitrogens is 2. The van der Waals surface area contributed by atoms with Crippen LogP contribution in [0.15, 0.2) is 54.6 Å². The fourth-order valence-corrected chi connectivity index (χ4v) is 4.63. The highest BCUT2D eigenvalue weighted by molar-refractivity contribution is 6.04. The number of hydrogen-bond donors (Lipinski definition) is 2. The molecule has 0 aliphatic carbocycles. The van der Waals surface area contributed by atoms with E-state index < -0.39 is 17.5 Å². The van der Waals surface area contributed by atoms with Crippen molar-refractivity contribution < 1.29 is 18.3 Å². The van der Waals surface area contributed by atoms with Crippen LogP contribution >= 0.6 is 0 Å². The highest BCUT2D eigenvalue weighted by atomic mass is 19.1. The molecule has 1 aliphatic rings. The van der Waals surface area contributed by atoms with E-state index in [4.69, 9.17) is 10.5 Å². The van der Waals surface area contributed by atoms with Crippen LogP contribution in [0.4, 0.5) is 8.78 Å². The normalized spacial score (nSPS) is 14.3. The number of hydrogen-bond acceptors (Lipinski definition) is 4. The second kappa shape index (κ2) is 9.84. The van der Waals surface area contributed by atoms with Crippen molar-refractivity contribution >= 4 is 16.8 Å². The molecular formula is C27H26F2N4O2. The maximum atomic E-state index is 13.5. The van der Waals surface area contributed by atoms with Gasteiger partial charge in [-0.25, -0.2) is 8.78 Å². The molecule has 8 heteroatoms. The van der Waals surface area contributed by atoms with Gasteiger partial charge in [-0.05, 0) is 79.5 Å². The summed E-state index contributed by atoms with van der Waals surface area (Å²) in [4.78, 5) is 14.6. The minimum Gasteiger partial charge on any atom is -0.489 e. The van der Waals surface area contributed by atoms with Gasteiger partial charge in [0.1, 0.15) is 29.7 Å². The zero-order valence-corrected chi connectivity index (χ0v) is 19.2. The van der Waals surface area contributed by atoms with E-state index >= 15 is 0 Å². The van der Waals surface area contributed by atoms with Gasteiger partial charge in [-0.15, -0.1) is 0 Å². The first-order chi connectivity index (χ1) is 17.0. The van der Waals surface area contributed by atoms with Crippen molar-refractivity contribution in [2.24, 2.45) is 5.73 Å². The lowest BCUT2D eigenvalue weighted by Gasteiger charge is -2.26. The van der Waals surface area contributed by atoms with Gasteiger partial charge in [0.25, 0.3) is 0 Å². The number of H-pyrrole nitrogens is 1. The number of ether oxygens (including phenoxy) is 1. The van der Waals surface area contributed by atoms with E-state index in [2.05, 4.69) is 15.1 Å². The fraction of sp³-hybridized carbons (Fsp3) is 0.259. The fourth-order valence-electron chi connectivity index (χ4n) is 4.63. The molecule has 1 aliphatic heterocycles. The maximum absolute atomic E-state index is 13.5. The summed E-state index contributed by atoms with van der Waals surface area (Å²) in [5, 5.41) is 8.24. The SMILES string of the molecule is NC(=O)c1ccc(CN2CCCCC2)cc1-c1n[nH]c2ccc(OCc3cc(F)cc(F)c3)cc12. The summed E-state index contributed by atoms with van der Waals surface area (Å²) in [5.74, 6) is -1.32. The first-order valence-corrected chi connectivity index (χ1v) is 11.7. The van der Waals surface area contributed by atoms with Gasteiger partial charge in [0, 0.05) is 29.1 Å². The Kier molecular flexibility index (Phi) is 6.46. The van der Waals surface area contributed by atoms with Gasteiger partial charge in [0.15, 0.2) is 0 Å². The molecule has 1 amide bonds. The number of amides is 1. The minimum atomic E-state index is -0.653. The van der Waals surface area contributed by atoms with Crippen molar-refractivity contribution in [1.29, 1.82) is 0 Å². The summed E-state index contributed by atoms with van der Waals surface area (Å²) in [5.41, 5.74) is 9.57. The number of aromatic amines is 1. The Bertz CT molecular complexity index is 1360. The van der Waals surface area contributed by atoms with Crippen LogP contribution in [0.25, 0.3) is 22.2 Å². The summed E-state index contributed by atoms with van der Waals surface area (Å²) in [6, 6.07) is 14.3. The van der Waals surface area contributed by atoms with Crippen molar-refractivity contribution in [3.63, 3.8) is 0 Å². The molecule has 180 valence electrons. The number of benzene rings is 3. The number of fused-ring (bicyclic) bond motifs is 1. The molecule has 0 spiro atoms. The summed E-state index contributed by atoms with van der Waals surface area (Å²) < 4.78 is 32.8. The summed E-state index contributed by atoms with van der Waals surface area (Å²) in [6.45, 7) is 2.93. The van der Waals surface area contributed by atoms with Crippen LogP contribution in [0.2, 0.25) is 0 Å². The minimum absolute atomic E-state index is 0.00519. The van der Waals surface area contributed by atoms with E-state index in [0.717, 1.165) is 42.2 Å². The molecule has 6 nitrogen and oxygen atoms in total. The third kappa shape index (κ3) is 5.17. The Hall–Kier alpha value is -3.78. The molecule has 1 saturated heterocycles. The van der Waals surface area contributed by atoms with Gasteiger partial charge >= 0.3 is 0 Å². The lowest BCUT2D eigenvalue weighted by Crippen LogP contribution is -2.29. The molecule has 0 radical (unpaired) electrons. The lowest BCUT2D eigenvalue weighted by molar-refractivity contribution is 0.100. The van der Waals surface area contributed by atoms with E-state index in [9.17, 15) is 13.6 Å². The molecule has 3 aromatic carbocycles. The number of nitrogens with two attached hydrogens (primary N) is 1. The number of halogens is 2. The predicted octanol–water partition coefficient (Wildman–Crippen LogP) is 5.17. The molecule has 35 heavy (non-hydrogen) atoms. The Morgan fingerprint density at radius 2 is 1.74 bits per heavy atom. The molecule has 0 bridgehead atoms. The second-order valence-corrected chi connectivity index (χ2v) is 8.93. The highest BCUT2D eigenvalue weighted by Gasteiger charge is 2.18. The number of nitrogens with zero attached hydrogens (tertiary/aromatic N) is 2. The van der Waals surface area contributed by atoms with Gasteiger partial charge in [-0.2, -0.15) is 5.10 Å². The van der Waals surface area contributed by atoms with Crippen LogP contribution in [0, 0.1) is 11.6 Å². The van der Waals surface area contributed by atoms with Crippen LogP contribution in [-0.4, -0.2) is 34.1 Å². The monoisotopic (exact) mass is 476 g/mol. The molecule has 2 heterocycles. The standard InChI is InChI=1S/C27H26F2N4O2/c28-19-10-18(11-20(29)13-19)16-35-21-5-7-25-24(14-21)26(32-31-25)23-12-17(4-6-22(23)27(30)34)15-33-8-2-1-3-9-33/h4-7,10-14H,1-3,8-9,15-16H2,(H2,30,34)(H,31,32). The van der Waals surface area contributed by atoms with Crippen molar-refractivity contribution in [3.8, 4) is 17.0 Å². The Balaban J connectivity index is 1.46. The number of nitrogens with one attached hydrogen (secondary N) is 1. The molecule has 0 unspecified atom stereocenters. The molecular weight excluding hydrogens is 450 g/mol. The van der Waals surface area contributed by atoms with Gasteiger partial charge in [0.2, 0.25) is 5.91 Å². The Labute approximate surface area is 201 Å². The van der Waals surface area contributed by atoms with Crippen molar-refractivity contribution in [2.45, 2.75) is 32.4 Å². The third-order valence-corrected chi connectivity index (χ3v) is 6.32. The summed E-state index contributed by atoms with van der Waals surface area (Å²) >= 11 is 0. The van der Waals surface area contributed by atoms with Crippen LogP contribution in [0.5, 0.6) is 5.75 Å². The predicted molar refractivity (Wildman–Crippen MR) is 130 cm³/mol. The number of carbonyl (C=O) groups excluding carboxylic acids is 1. The summed E-state index contributed by atoms with van der Waals surface area (Å²) in [7, 11) is 0. The Morgan fingerprint density at radius 3 is 2.49 bits per heavy atom. The molecule has 4 aromatic rings. The zero-order chi connectivity index (χ0) is 24.4. The molecule has 3 N–H and O–H groups in total. The molecule has 1 fully saturated rings. The molecule has 0 saturated carbocycles. The van der Waals surface area contributed by atoms with Crippen molar-refractivity contribution in [1.82, 2.24) is 15.1 Å². The number of piperidine rings is 1. The number of rotatable bonds is 7. The molecule has 1 aromatic heterocycles. The third-order valence-electron chi connectivity index (χ3n) is 6.32. The van der Waals surface area contributed by atoms with E-state index in [-0.39, 0.29) is 6.61 Å². The van der Waals surface area contributed by atoms with Gasteiger partial charge in [0.05, 0.1) is 5.52 Å². The van der Waals surface area contributed by atoms with E-state index in [0.29, 0.717) is 28.1 Å². The lowest BCUT2D eigenvalue weighted by atomic mass is 9.98. The number of likely N-dealkylation sites (tertiary alicyclic amines) is 1. The van der Waals surface area contributed by atoms with Crippen LogP contribution in [0.1, 0.15) is 40.7 Å². The number of primary amides is 1. The number of carbonyl (C=O) groups is 1. The van der Waals surface area contributed by atoms with Crippen molar-refractivity contribution in [3.05, 3.63) is 82.9 Å². The van der Waals surface area contributed by atoms with Crippen molar-refractivity contribution in [2.75, 3.05) is 13.1 Å². The van der Waals surface area contributed by atoms with Gasteiger partial charge in [-0.1, -0.05) is 12.5 Å². The second-order valence-electron chi connectivity index (χ2n) is 8.93. The zero-order valence-electron chi connectivity index (χ0n) is 19.2. The van der Waals surface area contributed by atoms with Gasteiger partial charge in [-0.3, -0.25) is 14.8 Å². The van der Waals surface area contributed by atoms with Crippen LogP contribution in [-0.2, 0) is 13.2 Å². The topological polar surface area (TPSA) is 84.2 Å². The average Bonchev–Trinajstić information content (AvgIpc) is 3.26. The first kappa shape index (κ1) is 23.0. The Morgan fingerprint density at radius 1 is 0.971 bits per heavy atom.